The molecule has 0 radical (unpaired) electrons. The summed E-state index contributed by atoms with van der Waals surface area (Å²) in [6, 6.07) is 12.7. The second-order valence-electron chi connectivity index (χ2n) is 7.10. The first-order valence-corrected chi connectivity index (χ1v) is 10.4. The molecule has 1 fully saturated rings. The van der Waals surface area contributed by atoms with E-state index in [9.17, 15) is 8.78 Å². The van der Waals surface area contributed by atoms with Crippen molar-refractivity contribution in [2.75, 3.05) is 0 Å². The average molecular weight is 425 g/mol. The molecule has 2 aromatic heterocycles. The number of benzene rings is 2. The van der Waals surface area contributed by atoms with Crippen molar-refractivity contribution in [3.63, 3.8) is 0 Å². The fraction of sp³-hybridized carbons (Fsp3) is 0.238. The van der Waals surface area contributed by atoms with Gasteiger partial charge in [0.05, 0.1) is 10.8 Å². The van der Waals surface area contributed by atoms with Crippen LogP contribution in [0.5, 0.6) is 0 Å². The highest BCUT2D eigenvalue weighted by Crippen LogP contribution is 2.44. The van der Waals surface area contributed by atoms with E-state index in [1.54, 1.807) is 30.3 Å². The zero-order chi connectivity index (χ0) is 20.7. The largest absolute Gasteiger partial charge is 0.419 e. The van der Waals surface area contributed by atoms with Crippen molar-refractivity contribution < 1.29 is 13.2 Å². The van der Waals surface area contributed by atoms with E-state index in [-0.39, 0.29) is 22.9 Å². The molecule has 4 aromatic rings. The lowest BCUT2D eigenvalue weighted by Crippen LogP contribution is -2.02. The van der Waals surface area contributed by atoms with Gasteiger partial charge >= 0.3 is 0 Å². The van der Waals surface area contributed by atoms with Crippen LogP contribution in [-0.2, 0) is 0 Å². The van der Waals surface area contributed by atoms with Gasteiger partial charge in [-0.3, -0.25) is 4.57 Å². The topological polar surface area (TPSA) is 69.6 Å². The summed E-state index contributed by atoms with van der Waals surface area (Å²) in [5.41, 5.74) is 1.09. The van der Waals surface area contributed by atoms with Gasteiger partial charge in [0.15, 0.2) is 11.0 Å². The molecular weight excluding hydrogens is 408 g/mol. The molecule has 0 saturated heterocycles. The Kier molecular flexibility index (Phi) is 4.82. The van der Waals surface area contributed by atoms with Crippen LogP contribution in [-0.4, -0.2) is 25.0 Å². The molecule has 1 atom stereocenters. The van der Waals surface area contributed by atoms with Crippen molar-refractivity contribution in [1.82, 2.24) is 25.0 Å². The van der Waals surface area contributed by atoms with Gasteiger partial charge in [-0.2, -0.15) is 0 Å². The monoisotopic (exact) mass is 425 g/mol. The first kappa shape index (κ1) is 18.9. The highest BCUT2D eigenvalue weighted by molar-refractivity contribution is 7.99. The molecule has 5 rings (SSSR count). The van der Waals surface area contributed by atoms with Crippen molar-refractivity contribution in [2.45, 2.75) is 36.2 Å². The Bertz CT molecular complexity index is 1190. The smallest absolute Gasteiger partial charge is 0.247 e. The molecular formula is C21H17F2N5OS. The minimum atomic E-state index is -0.326. The Morgan fingerprint density at radius 1 is 1.00 bits per heavy atom. The van der Waals surface area contributed by atoms with Crippen LogP contribution in [0, 0.1) is 11.6 Å². The molecule has 2 heterocycles. The van der Waals surface area contributed by atoms with Gasteiger partial charge in [0, 0.05) is 11.6 Å². The molecule has 0 bridgehead atoms. The number of nitrogens with zero attached hydrogens (tertiary/aromatic N) is 5. The Morgan fingerprint density at radius 2 is 1.77 bits per heavy atom. The van der Waals surface area contributed by atoms with Gasteiger partial charge in [0.1, 0.15) is 11.6 Å². The third-order valence-electron chi connectivity index (χ3n) is 4.85. The predicted octanol–water partition coefficient (Wildman–Crippen LogP) is 5.46. The molecule has 1 aliphatic rings. The maximum atomic E-state index is 14.3. The van der Waals surface area contributed by atoms with E-state index in [1.165, 1.54) is 30.0 Å². The normalized spacial score (nSPS) is 14.8. The lowest BCUT2D eigenvalue weighted by Gasteiger charge is -2.11. The molecule has 0 aliphatic heterocycles. The highest BCUT2D eigenvalue weighted by Gasteiger charge is 2.32. The highest BCUT2D eigenvalue weighted by atomic mass is 32.2. The van der Waals surface area contributed by atoms with E-state index in [1.807, 2.05) is 11.5 Å². The average Bonchev–Trinajstić information content (AvgIpc) is 3.31. The summed E-state index contributed by atoms with van der Waals surface area (Å²) < 4.78 is 35.2. The summed E-state index contributed by atoms with van der Waals surface area (Å²) in [7, 11) is 0. The van der Waals surface area contributed by atoms with Gasteiger partial charge in [-0.1, -0.05) is 23.9 Å². The van der Waals surface area contributed by atoms with Crippen LogP contribution in [0.1, 0.15) is 36.9 Å². The molecule has 30 heavy (non-hydrogen) atoms. The molecule has 1 unspecified atom stereocenters. The minimum absolute atomic E-state index is 0.193. The standard InChI is InChI=1S/C21H17F2N5OS/c1-12(19-25-26-20(29-19)13-6-8-14(22)9-7-13)30-21-27-24-18(28(21)15-10-11-15)16-4-2-3-5-17(16)23/h2-9,12,15H,10-11H2,1H3. The molecule has 1 saturated carbocycles. The van der Waals surface area contributed by atoms with Crippen LogP contribution >= 0.6 is 11.8 Å². The molecule has 1 aliphatic carbocycles. The van der Waals surface area contributed by atoms with Gasteiger partial charge in [-0.25, -0.2) is 8.78 Å². The molecule has 0 amide bonds. The Balaban J connectivity index is 1.41. The zero-order valence-corrected chi connectivity index (χ0v) is 16.8. The lowest BCUT2D eigenvalue weighted by atomic mass is 10.2. The maximum Gasteiger partial charge on any atom is 0.247 e. The fourth-order valence-electron chi connectivity index (χ4n) is 3.16. The number of halogens is 2. The van der Waals surface area contributed by atoms with Crippen molar-refractivity contribution in [3.8, 4) is 22.8 Å². The molecule has 6 nitrogen and oxygen atoms in total. The number of hydrogen-bond donors (Lipinski definition) is 0. The van der Waals surface area contributed by atoms with Crippen molar-refractivity contribution in [1.29, 1.82) is 0 Å². The van der Waals surface area contributed by atoms with E-state index in [4.69, 9.17) is 4.42 Å². The van der Waals surface area contributed by atoms with E-state index >= 15 is 0 Å². The van der Waals surface area contributed by atoms with Crippen molar-refractivity contribution >= 4 is 11.8 Å². The SMILES string of the molecule is CC(Sc1nnc(-c2ccccc2F)n1C1CC1)c1nnc(-c2ccc(F)cc2)o1. The van der Waals surface area contributed by atoms with Crippen LogP contribution in [0.2, 0.25) is 0 Å². The minimum Gasteiger partial charge on any atom is -0.419 e. The van der Waals surface area contributed by atoms with Gasteiger partial charge in [-0.05, 0) is 56.2 Å². The van der Waals surface area contributed by atoms with Gasteiger partial charge in [0.2, 0.25) is 11.8 Å². The Labute approximate surface area is 175 Å². The zero-order valence-electron chi connectivity index (χ0n) is 16.0. The summed E-state index contributed by atoms with van der Waals surface area (Å²) in [5, 5.41) is 17.3. The predicted molar refractivity (Wildman–Crippen MR) is 108 cm³/mol. The summed E-state index contributed by atoms with van der Waals surface area (Å²) in [6.45, 7) is 1.93. The van der Waals surface area contributed by atoms with E-state index in [2.05, 4.69) is 20.4 Å². The molecule has 0 N–H and O–H groups in total. The van der Waals surface area contributed by atoms with Crippen LogP contribution in [0.4, 0.5) is 8.78 Å². The number of aromatic nitrogens is 5. The van der Waals surface area contributed by atoms with Gasteiger partial charge in [0.25, 0.3) is 0 Å². The van der Waals surface area contributed by atoms with Crippen molar-refractivity contribution in [3.05, 3.63) is 66.1 Å². The molecule has 9 heteroatoms. The van der Waals surface area contributed by atoms with Gasteiger partial charge < -0.3 is 4.42 Å². The second kappa shape index (κ2) is 7.64. The number of thioether (sulfide) groups is 1. The van der Waals surface area contributed by atoms with Crippen molar-refractivity contribution in [2.24, 2.45) is 0 Å². The lowest BCUT2D eigenvalue weighted by molar-refractivity contribution is 0.508. The summed E-state index contributed by atoms with van der Waals surface area (Å²) in [5.74, 6) is 0.637. The van der Waals surface area contributed by atoms with Crippen LogP contribution in [0.3, 0.4) is 0 Å². The molecule has 2 aromatic carbocycles. The van der Waals surface area contributed by atoms with E-state index < -0.39 is 0 Å². The summed E-state index contributed by atoms with van der Waals surface area (Å²) in [4.78, 5) is 0. The van der Waals surface area contributed by atoms with Crippen LogP contribution < -0.4 is 0 Å². The first-order chi connectivity index (χ1) is 14.6. The summed E-state index contributed by atoms with van der Waals surface area (Å²) in [6.07, 6.45) is 2.02. The number of rotatable bonds is 6. The fourth-order valence-corrected chi connectivity index (χ4v) is 4.11. The van der Waals surface area contributed by atoms with E-state index in [0.717, 1.165) is 12.8 Å². The Morgan fingerprint density at radius 3 is 2.50 bits per heavy atom. The third kappa shape index (κ3) is 3.60. The number of hydrogen-bond acceptors (Lipinski definition) is 6. The molecule has 0 spiro atoms. The van der Waals surface area contributed by atoms with Gasteiger partial charge in [-0.15, -0.1) is 20.4 Å². The maximum absolute atomic E-state index is 14.3. The van der Waals surface area contributed by atoms with E-state index in [0.29, 0.717) is 33.9 Å². The van der Waals surface area contributed by atoms with Crippen LogP contribution in [0.15, 0.2) is 58.1 Å². The van der Waals surface area contributed by atoms with Crippen LogP contribution in [0.25, 0.3) is 22.8 Å². The first-order valence-electron chi connectivity index (χ1n) is 9.56. The second-order valence-corrected chi connectivity index (χ2v) is 8.41. The Hall–Kier alpha value is -3.07. The quantitative estimate of drug-likeness (QED) is 0.382. The third-order valence-corrected chi connectivity index (χ3v) is 5.90. The molecule has 152 valence electrons. The summed E-state index contributed by atoms with van der Waals surface area (Å²) >= 11 is 1.43.